The van der Waals surface area contributed by atoms with Crippen molar-refractivity contribution < 1.29 is 14.4 Å². The number of ether oxygens (including phenoxy) is 1. The largest absolute Gasteiger partial charge is 0.378 e. The number of H-pyrrole nitrogens is 1. The van der Waals surface area contributed by atoms with E-state index >= 15 is 0 Å². The molecule has 0 unspecified atom stereocenters. The molecule has 0 amide bonds. The highest BCUT2D eigenvalue weighted by molar-refractivity contribution is 5.89. The number of aromatic amines is 1. The molecule has 13 heteroatoms. The topological polar surface area (TPSA) is 153 Å². The van der Waals surface area contributed by atoms with E-state index in [-0.39, 0.29) is 5.56 Å². The molecule has 41 heavy (non-hydrogen) atoms. The number of aromatic nitrogens is 7. The summed E-state index contributed by atoms with van der Waals surface area (Å²) in [5.74, 6) is 7.04. The predicted molar refractivity (Wildman–Crippen MR) is 154 cm³/mol. The molecule has 212 valence electrons. The van der Waals surface area contributed by atoms with Crippen LogP contribution in [0.3, 0.4) is 0 Å². The van der Waals surface area contributed by atoms with E-state index in [4.69, 9.17) is 25.6 Å². The van der Waals surface area contributed by atoms with E-state index in [9.17, 15) is 4.79 Å². The maximum atomic E-state index is 11.8. The second kappa shape index (κ2) is 11.5. The van der Waals surface area contributed by atoms with Crippen molar-refractivity contribution >= 4 is 39.8 Å². The number of nitrogens with zero attached hydrogens (tertiary/aromatic N) is 8. The van der Waals surface area contributed by atoms with E-state index in [1.54, 1.807) is 0 Å². The maximum Gasteiger partial charge on any atom is 0.359 e. The standard InChI is InChI=1S/C28H32N10O3/c1-3-4-9-38(28-31-15-20(16-32-28)27(39)41-29)17-22-33-23-25(36(22)2)34-24(35-26(23)37-10-12-40-13-11-37)19-5-6-21-18(14-19)7-8-30-21/h5-8,14-16,30H,3-4,9-13,17,29H2,1-2H3. The molecule has 0 bridgehead atoms. The molecular formula is C28H32N10O3. The number of morpholine rings is 1. The third-order valence-corrected chi connectivity index (χ3v) is 7.29. The van der Waals surface area contributed by atoms with Crippen molar-refractivity contribution in [3.05, 3.63) is 54.2 Å². The van der Waals surface area contributed by atoms with Crippen LogP contribution in [0, 0.1) is 0 Å². The van der Waals surface area contributed by atoms with Gasteiger partial charge in [-0.2, -0.15) is 5.90 Å². The number of carbonyl (C=O) groups is 1. The maximum absolute atomic E-state index is 11.8. The minimum atomic E-state index is -0.687. The van der Waals surface area contributed by atoms with E-state index < -0.39 is 5.97 Å². The SMILES string of the molecule is CCCCN(Cc1nc2c(N3CCOCC3)nc(-c3ccc4[nH]ccc4c3)nc2n1C)c1ncc(C(=O)ON)cn1. The first-order chi connectivity index (χ1) is 20.1. The molecule has 1 saturated heterocycles. The van der Waals surface area contributed by atoms with Crippen molar-refractivity contribution in [3.8, 4) is 11.4 Å². The molecule has 5 aromatic rings. The van der Waals surface area contributed by atoms with Crippen LogP contribution in [-0.4, -0.2) is 73.3 Å². The summed E-state index contributed by atoms with van der Waals surface area (Å²) in [5, 5.41) is 1.10. The van der Waals surface area contributed by atoms with Gasteiger partial charge in [-0.3, -0.25) is 0 Å². The Kier molecular flexibility index (Phi) is 7.44. The first-order valence-corrected chi connectivity index (χ1v) is 13.7. The van der Waals surface area contributed by atoms with Gasteiger partial charge in [0, 0.05) is 61.7 Å². The van der Waals surface area contributed by atoms with E-state index in [1.165, 1.54) is 12.4 Å². The smallest absolute Gasteiger partial charge is 0.359 e. The summed E-state index contributed by atoms with van der Waals surface area (Å²) in [6.07, 6.45) is 6.70. The van der Waals surface area contributed by atoms with Gasteiger partial charge in [-0.15, -0.1) is 0 Å². The van der Waals surface area contributed by atoms with Crippen molar-refractivity contribution in [1.29, 1.82) is 0 Å². The molecule has 0 spiro atoms. The first kappa shape index (κ1) is 26.6. The summed E-state index contributed by atoms with van der Waals surface area (Å²) in [6.45, 7) is 6.00. The van der Waals surface area contributed by atoms with Crippen LogP contribution in [0.2, 0.25) is 0 Å². The lowest BCUT2D eigenvalue weighted by atomic mass is 10.1. The Morgan fingerprint density at radius 3 is 2.71 bits per heavy atom. The monoisotopic (exact) mass is 556 g/mol. The van der Waals surface area contributed by atoms with Crippen LogP contribution in [0.4, 0.5) is 11.8 Å². The van der Waals surface area contributed by atoms with Crippen LogP contribution < -0.4 is 15.7 Å². The summed E-state index contributed by atoms with van der Waals surface area (Å²) >= 11 is 0. The zero-order valence-corrected chi connectivity index (χ0v) is 23.1. The normalized spacial score (nSPS) is 13.7. The van der Waals surface area contributed by atoms with Crippen molar-refractivity contribution in [2.75, 3.05) is 42.6 Å². The van der Waals surface area contributed by atoms with Gasteiger partial charge >= 0.3 is 5.97 Å². The number of hydrogen-bond acceptors (Lipinski definition) is 11. The molecule has 4 aromatic heterocycles. The summed E-state index contributed by atoms with van der Waals surface area (Å²) < 4.78 is 7.63. The lowest BCUT2D eigenvalue weighted by Gasteiger charge is -2.28. The molecule has 6 rings (SSSR count). The molecule has 0 saturated carbocycles. The highest BCUT2D eigenvalue weighted by atomic mass is 16.7. The Hall–Kier alpha value is -4.62. The van der Waals surface area contributed by atoms with Gasteiger partial charge in [0.05, 0.1) is 25.3 Å². The number of rotatable bonds is 9. The average molecular weight is 557 g/mol. The first-order valence-electron chi connectivity index (χ1n) is 13.7. The number of nitrogens with two attached hydrogens (primary N) is 1. The highest BCUT2D eigenvalue weighted by Gasteiger charge is 2.24. The molecule has 0 aliphatic carbocycles. The lowest BCUT2D eigenvalue weighted by Crippen LogP contribution is -2.37. The van der Waals surface area contributed by atoms with Gasteiger partial charge in [-0.1, -0.05) is 13.3 Å². The summed E-state index contributed by atoms with van der Waals surface area (Å²) in [7, 11) is 1.97. The van der Waals surface area contributed by atoms with Gasteiger partial charge in [0.2, 0.25) is 5.95 Å². The van der Waals surface area contributed by atoms with Crippen LogP contribution in [0.1, 0.15) is 35.9 Å². The molecule has 3 N–H and O–H groups in total. The van der Waals surface area contributed by atoms with Crippen molar-refractivity contribution in [1.82, 2.24) is 34.5 Å². The second-order valence-electron chi connectivity index (χ2n) is 9.96. The minimum absolute atomic E-state index is 0.185. The number of fused-ring (bicyclic) bond motifs is 2. The summed E-state index contributed by atoms with van der Waals surface area (Å²) in [5.41, 5.74) is 3.68. The molecular weight excluding hydrogens is 524 g/mol. The highest BCUT2D eigenvalue weighted by Crippen LogP contribution is 2.30. The van der Waals surface area contributed by atoms with Crippen LogP contribution in [0.5, 0.6) is 0 Å². The Morgan fingerprint density at radius 2 is 1.95 bits per heavy atom. The van der Waals surface area contributed by atoms with Crippen LogP contribution in [0.15, 0.2) is 42.9 Å². The molecule has 1 aliphatic heterocycles. The predicted octanol–water partition coefficient (Wildman–Crippen LogP) is 2.98. The lowest BCUT2D eigenvalue weighted by molar-refractivity contribution is 0.0502. The van der Waals surface area contributed by atoms with Gasteiger partial charge in [0.25, 0.3) is 0 Å². The van der Waals surface area contributed by atoms with Gasteiger partial charge in [0.15, 0.2) is 22.8 Å². The van der Waals surface area contributed by atoms with Crippen LogP contribution in [-0.2, 0) is 23.2 Å². The number of benzene rings is 1. The fraction of sp³-hybridized carbons (Fsp3) is 0.357. The van der Waals surface area contributed by atoms with Gasteiger partial charge < -0.3 is 28.9 Å². The van der Waals surface area contributed by atoms with Gasteiger partial charge in [-0.25, -0.2) is 29.7 Å². The average Bonchev–Trinajstić information content (AvgIpc) is 3.62. The number of unbranched alkanes of at least 4 members (excludes halogenated alkanes) is 1. The molecule has 0 atom stereocenters. The Balaban J connectivity index is 1.41. The number of carbonyl (C=O) groups excluding carboxylic acids is 1. The van der Waals surface area contributed by atoms with Crippen LogP contribution >= 0.6 is 0 Å². The fourth-order valence-electron chi connectivity index (χ4n) is 4.98. The molecule has 1 aliphatic rings. The number of nitrogens with one attached hydrogen (secondary N) is 1. The Bertz CT molecular complexity index is 1670. The van der Waals surface area contributed by atoms with Crippen molar-refractivity contribution in [2.45, 2.75) is 26.3 Å². The van der Waals surface area contributed by atoms with E-state index in [2.05, 4.69) is 37.7 Å². The van der Waals surface area contributed by atoms with E-state index in [0.717, 1.165) is 65.2 Å². The molecule has 1 aromatic carbocycles. The molecule has 5 heterocycles. The zero-order valence-electron chi connectivity index (χ0n) is 23.1. The van der Waals surface area contributed by atoms with Gasteiger partial charge in [-0.05, 0) is 30.7 Å². The third kappa shape index (κ3) is 5.28. The third-order valence-electron chi connectivity index (χ3n) is 7.29. The minimum Gasteiger partial charge on any atom is -0.378 e. The van der Waals surface area contributed by atoms with E-state index in [0.29, 0.717) is 38.1 Å². The van der Waals surface area contributed by atoms with Gasteiger partial charge in [0.1, 0.15) is 5.82 Å². The second-order valence-corrected chi connectivity index (χ2v) is 9.96. The number of aryl methyl sites for hydroxylation is 1. The molecule has 13 nitrogen and oxygen atoms in total. The summed E-state index contributed by atoms with van der Waals surface area (Å²) in [4.78, 5) is 47.5. The summed E-state index contributed by atoms with van der Waals surface area (Å²) in [6, 6.07) is 8.22. The Labute approximate surface area is 236 Å². The van der Waals surface area contributed by atoms with Crippen molar-refractivity contribution in [3.63, 3.8) is 0 Å². The Morgan fingerprint density at radius 1 is 1.15 bits per heavy atom. The zero-order chi connectivity index (χ0) is 28.3. The number of anilines is 2. The molecule has 0 radical (unpaired) electrons. The number of hydrogen-bond donors (Lipinski definition) is 2. The van der Waals surface area contributed by atoms with Crippen molar-refractivity contribution in [2.24, 2.45) is 12.9 Å². The quantitative estimate of drug-likeness (QED) is 0.258. The van der Waals surface area contributed by atoms with E-state index in [1.807, 2.05) is 40.9 Å². The molecule has 1 fully saturated rings. The van der Waals surface area contributed by atoms with Crippen LogP contribution in [0.25, 0.3) is 33.5 Å². The fourth-order valence-corrected chi connectivity index (χ4v) is 4.98. The number of imidazole rings is 1.